The number of nitrogens with one attached hydrogen (secondary N) is 2. The van der Waals surface area contributed by atoms with Gasteiger partial charge in [0.05, 0.1) is 19.2 Å². The Kier molecular flexibility index (Phi) is 7.29. The highest BCUT2D eigenvalue weighted by Crippen LogP contribution is 2.25. The van der Waals surface area contributed by atoms with Crippen LogP contribution in [0.3, 0.4) is 0 Å². The van der Waals surface area contributed by atoms with E-state index in [0.29, 0.717) is 16.5 Å². The number of ether oxygens (including phenoxy) is 2. The Hall–Kier alpha value is -3.78. The van der Waals surface area contributed by atoms with Crippen LogP contribution in [0.15, 0.2) is 71.7 Å². The summed E-state index contributed by atoms with van der Waals surface area (Å²) in [6.07, 6.45) is 1.42. The van der Waals surface area contributed by atoms with Crippen molar-refractivity contribution in [3.05, 3.63) is 93.4 Å². The molecular weight excluding hydrogens is 422 g/mol. The van der Waals surface area contributed by atoms with E-state index in [9.17, 15) is 14.4 Å². The van der Waals surface area contributed by atoms with Gasteiger partial charge in [-0.05, 0) is 35.9 Å². The van der Waals surface area contributed by atoms with Crippen LogP contribution in [-0.2, 0) is 11.3 Å². The highest BCUT2D eigenvalue weighted by molar-refractivity contribution is 6.30. The molecule has 8 nitrogen and oxygen atoms in total. The smallest absolute Gasteiger partial charge is 0.276 e. The van der Waals surface area contributed by atoms with Gasteiger partial charge in [-0.1, -0.05) is 35.9 Å². The lowest BCUT2D eigenvalue weighted by atomic mass is 10.2. The van der Waals surface area contributed by atoms with Crippen LogP contribution in [0.4, 0.5) is 0 Å². The van der Waals surface area contributed by atoms with E-state index in [1.807, 2.05) is 0 Å². The first kappa shape index (κ1) is 21.9. The molecule has 2 aromatic carbocycles. The molecule has 2 N–H and O–H groups in total. The minimum absolute atomic E-state index is 0.208. The van der Waals surface area contributed by atoms with E-state index in [1.54, 1.807) is 48.5 Å². The van der Waals surface area contributed by atoms with Gasteiger partial charge in [0.15, 0.2) is 18.1 Å². The molecule has 0 spiro atoms. The zero-order valence-electron chi connectivity index (χ0n) is 16.6. The number of hydrogen-bond donors (Lipinski definition) is 2. The second-order valence-electron chi connectivity index (χ2n) is 6.45. The number of para-hydroxylation sites is 2. The third kappa shape index (κ3) is 6.10. The number of hydrazine groups is 1. The number of carbonyl (C=O) groups is 2. The van der Waals surface area contributed by atoms with Crippen molar-refractivity contribution >= 4 is 23.4 Å². The van der Waals surface area contributed by atoms with Gasteiger partial charge in [-0.25, -0.2) is 0 Å². The summed E-state index contributed by atoms with van der Waals surface area (Å²) in [5, 5.41) is 0.592. The van der Waals surface area contributed by atoms with Gasteiger partial charge < -0.3 is 14.0 Å². The molecule has 0 radical (unpaired) electrons. The average Bonchev–Trinajstić information content (AvgIpc) is 2.79. The van der Waals surface area contributed by atoms with Crippen molar-refractivity contribution in [1.29, 1.82) is 0 Å². The van der Waals surface area contributed by atoms with Crippen LogP contribution in [0.25, 0.3) is 0 Å². The lowest BCUT2D eigenvalue weighted by molar-refractivity contribution is -0.123. The number of aromatic nitrogens is 1. The SMILES string of the molecule is COc1ccccc1OCC(=O)NNC(=O)c1ccc(=O)n(Cc2ccc(Cl)cc2)c1. The summed E-state index contributed by atoms with van der Waals surface area (Å²) in [7, 11) is 1.49. The lowest BCUT2D eigenvalue weighted by Gasteiger charge is -2.12. The molecule has 160 valence electrons. The molecule has 0 atom stereocenters. The van der Waals surface area contributed by atoms with E-state index >= 15 is 0 Å². The normalized spacial score (nSPS) is 10.3. The van der Waals surface area contributed by atoms with Crippen LogP contribution in [0.5, 0.6) is 11.5 Å². The predicted octanol–water partition coefficient (Wildman–Crippen LogP) is 2.40. The summed E-state index contributed by atoms with van der Waals surface area (Å²) >= 11 is 5.87. The molecule has 0 aliphatic heterocycles. The molecule has 3 rings (SSSR count). The van der Waals surface area contributed by atoms with Gasteiger partial charge in [-0.3, -0.25) is 25.2 Å². The molecule has 0 saturated carbocycles. The summed E-state index contributed by atoms with van der Waals surface area (Å²) in [6.45, 7) is -0.0487. The summed E-state index contributed by atoms with van der Waals surface area (Å²) < 4.78 is 11.9. The van der Waals surface area contributed by atoms with Gasteiger partial charge in [0.2, 0.25) is 0 Å². The van der Waals surface area contributed by atoms with Gasteiger partial charge in [-0.15, -0.1) is 0 Å². The van der Waals surface area contributed by atoms with E-state index in [1.165, 1.54) is 30.0 Å². The van der Waals surface area contributed by atoms with Crippen LogP contribution in [-0.4, -0.2) is 30.1 Å². The maximum Gasteiger partial charge on any atom is 0.276 e. The van der Waals surface area contributed by atoms with Crippen molar-refractivity contribution in [2.24, 2.45) is 0 Å². The van der Waals surface area contributed by atoms with Crippen LogP contribution in [0.2, 0.25) is 5.02 Å². The molecular formula is C22H20ClN3O5. The van der Waals surface area contributed by atoms with E-state index < -0.39 is 11.8 Å². The number of carbonyl (C=O) groups excluding carboxylic acids is 2. The fraction of sp³-hybridized carbons (Fsp3) is 0.136. The molecule has 3 aromatic rings. The summed E-state index contributed by atoms with van der Waals surface area (Å²) in [4.78, 5) is 36.5. The Morgan fingerprint density at radius 3 is 2.39 bits per heavy atom. The molecule has 1 aromatic heterocycles. The Balaban J connectivity index is 1.57. The van der Waals surface area contributed by atoms with Gasteiger partial charge in [0.1, 0.15) is 0 Å². The molecule has 1 heterocycles. The first-order valence-electron chi connectivity index (χ1n) is 9.26. The first-order chi connectivity index (χ1) is 15.0. The third-order valence-corrected chi connectivity index (χ3v) is 4.51. The van der Waals surface area contributed by atoms with Crippen LogP contribution in [0.1, 0.15) is 15.9 Å². The first-order valence-corrected chi connectivity index (χ1v) is 9.64. The van der Waals surface area contributed by atoms with E-state index in [2.05, 4.69) is 10.9 Å². The molecule has 0 unspecified atom stereocenters. The highest BCUT2D eigenvalue weighted by atomic mass is 35.5. The molecule has 2 amide bonds. The van der Waals surface area contributed by atoms with E-state index in [-0.39, 0.29) is 24.3 Å². The fourth-order valence-corrected chi connectivity index (χ4v) is 2.82. The summed E-state index contributed by atoms with van der Waals surface area (Å²) in [6, 6.07) is 16.6. The summed E-state index contributed by atoms with van der Waals surface area (Å²) in [5.74, 6) is -0.243. The number of rotatable bonds is 7. The maximum absolute atomic E-state index is 12.4. The van der Waals surface area contributed by atoms with Gasteiger partial charge in [0, 0.05) is 17.3 Å². The zero-order valence-corrected chi connectivity index (χ0v) is 17.4. The number of benzene rings is 2. The molecule has 0 aliphatic carbocycles. The Morgan fingerprint density at radius 2 is 1.68 bits per heavy atom. The van der Waals surface area contributed by atoms with E-state index in [4.69, 9.17) is 21.1 Å². The second-order valence-corrected chi connectivity index (χ2v) is 6.89. The van der Waals surface area contributed by atoms with Gasteiger partial charge >= 0.3 is 0 Å². The van der Waals surface area contributed by atoms with Crippen molar-refractivity contribution in [2.75, 3.05) is 13.7 Å². The molecule has 0 bridgehead atoms. The second kappa shape index (κ2) is 10.3. The molecule has 0 saturated heterocycles. The predicted molar refractivity (Wildman–Crippen MR) is 115 cm³/mol. The number of hydrogen-bond acceptors (Lipinski definition) is 5. The van der Waals surface area contributed by atoms with Crippen molar-refractivity contribution in [3.63, 3.8) is 0 Å². The van der Waals surface area contributed by atoms with Crippen LogP contribution in [0, 0.1) is 0 Å². The Labute approximate surface area is 183 Å². The molecule has 31 heavy (non-hydrogen) atoms. The monoisotopic (exact) mass is 441 g/mol. The third-order valence-electron chi connectivity index (χ3n) is 4.26. The standard InChI is InChI=1S/C22H20ClN3O5/c1-30-18-4-2-3-5-19(18)31-14-20(27)24-25-22(29)16-8-11-21(28)26(13-16)12-15-6-9-17(23)10-7-15/h2-11,13H,12,14H2,1H3,(H,24,27)(H,25,29). The molecule has 9 heteroatoms. The van der Waals surface area contributed by atoms with Crippen molar-refractivity contribution < 1.29 is 19.1 Å². The van der Waals surface area contributed by atoms with E-state index in [0.717, 1.165) is 5.56 Å². The number of amides is 2. The number of halogens is 1. The van der Waals surface area contributed by atoms with Gasteiger partial charge in [0.25, 0.3) is 17.4 Å². The quantitative estimate of drug-likeness (QED) is 0.548. The Bertz CT molecular complexity index is 1130. The van der Waals surface area contributed by atoms with Gasteiger partial charge in [-0.2, -0.15) is 0 Å². The number of nitrogens with zero attached hydrogens (tertiary/aromatic N) is 1. The average molecular weight is 442 g/mol. The fourth-order valence-electron chi connectivity index (χ4n) is 2.69. The topological polar surface area (TPSA) is 98.7 Å². The minimum atomic E-state index is -0.574. The largest absolute Gasteiger partial charge is 0.493 e. The number of methoxy groups -OCH3 is 1. The maximum atomic E-state index is 12.4. The highest BCUT2D eigenvalue weighted by Gasteiger charge is 2.11. The molecule has 0 fully saturated rings. The minimum Gasteiger partial charge on any atom is -0.493 e. The van der Waals surface area contributed by atoms with Crippen LogP contribution < -0.4 is 25.9 Å². The van der Waals surface area contributed by atoms with Crippen molar-refractivity contribution in [3.8, 4) is 11.5 Å². The zero-order chi connectivity index (χ0) is 22.2. The van der Waals surface area contributed by atoms with Crippen molar-refractivity contribution in [1.82, 2.24) is 15.4 Å². The molecule has 0 aliphatic rings. The van der Waals surface area contributed by atoms with Crippen molar-refractivity contribution in [2.45, 2.75) is 6.54 Å². The Morgan fingerprint density at radius 1 is 0.968 bits per heavy atom. The lowest BCUT2D eigenvalue weighted by Crippen LogP contribution is -2.44. The number of pyridine rings is 1. The van der Waals surface area contributed by atoms with Crippen LogP contribution >= 0.6 is 11.6 Å². The summed E-state index contributed by atoms with van der Waals surface area (Å²) in [5.41, 5.74) is 5.37.